The second kappa shape index (κ2) is 7.81. The fourth-order valence-corrected chi connectivity index (χ4v) is 2.94. The highest BCUT2D eigenvalue weighted by atomic mass is 35.5. The number of aryl methyl sites for hydroxylation is 2. The Morgan fingerprint density at radius 3 is 2.74 bits per heavy atom. The number of carbonyl (C=O) groups excluding carboxylic acids is 1. The third kappa shape index (κ3) is 3.86. The molecule has 1 aliphatic heterocycles. The van der Waals surface area contributed by atoms with E-state index in [1.54, 1.807) is 0 Å². The van der Waals surface area contributed by atoms with Gasteiger partial charge in [0.15, 0.2) is 5.76 Å². The molecule has 0 radical (unpaired) electrons. The molecule has 2 aromatic rings. The van der Waals surface area contributed by atoms with Crippen molar-refractivity contribution < 1.29 is 9.21 Å². The molecule has 0 unspecified atom stereocenters. The van der Waals surface area contributed by atoms with Crippen molar-refractivity contribution in [2.45, 2.75) is 13.8 Å². The van der Waals surface area contributed by atoms with Crippen LogP contribution in [0.4, 0.5) is 0 Å². The SMILES string of the molecule is Cc1c(C(=O)NCCN2CCNCC2)oc2c(C)cccc12.Cl. The normalized spacial score (nSPS) is 15.4. The average molecular weight is 338 g/mol. The van der Waals surface area contributed by atoms with Crippen LogP contribution in [0, 0.1) is 13.8 Å². The van der Waals surface area contributed by atoms with Gasteiger partial charge in [-0.3, -0.25) is 9.69 Å². The summed E-state index contributed by atoms with van der Waals surface area (Å²) in [6, 6.07) is 5.99. The molecule has 1 aromatic heterocycles. The van der Waals surface area contributed by atoms with Crippen LogP contribution >= 0.6 is 12.4 Å². The molecule has 3 rings (SSSR count). The first-order valence-corrected chi connectivity index (χ1v) is 7.87. The molecule has 0 spiro atoms. The third-order valence-corrected chi connectivity index (χ3v) is 4.29. The summed E-state index contributed by atoms with van der Waals surface area (Å²) < 4.78 is 5.80. The van der Waals surface area contributed by atoms with Crippen molar-refractivity contribution in [1.29, 1.82) is 0 Å². The monoisotopic (exact) mass is 337 g/mol. The lowest BCUT2D eigenvalue weighted by Crippen LogP contribution is -2.46. The van der Waals surface area contributed by atoms with Crippen LogP contribution in [-0.2, 0) is 0 Å². The van der Waals surface area contributed by atoms with Gasteiger partial charge in [0.05, 0.1) is 0 Å². The van der Waals surface area contributed by atoms with Crippen LogP contribution in [0.2, 0.25) is 0 Å². The van der Waals surface area contributed by atoms with E-state index in [4.69, 9.17) is 4.42 Å². The average Bonchev–Trinajstić information content (AvgIpc) is 2.87. The zero-order valence-corrected chi connectivity index (χ0v) is 14.5. The quantitative estimate of drug-likeness (QED) is 0.897. The highest BCUT2D eigenvalue weighted by molar-refractivity contribution is 5.99. The molecule has 5 nitrogen and oxygen atoms in total. The van der Waals surface area contributed by atoms with E-state index in [1.165, 1.54) is 0 Å². The van der Waals surface area contributed by atoms with E-state index in [9.17, 15) is 4.79 Å². The summed E-state index contributed by atoms with van der Waals surface area (Å²) in [4.78, 5) is 14.7. The van der Waals surface area contributed by atoms with Crippen LogP contribution in [0.25, 0.3) is 11.0 Å². The molecule has 6 heteroatoms. The number of halogens is 1. The summed E-state index contributed by atoms with van der Waals surface area (Å²) in [5.41, 5.74) is 2.78. The number of hydrogen-bond acceptors (Lipinski definition) is 4. The van der Waals surface area contributed by atoms with Crippen LogP contribution in [0.15, 0.2) is 22.6 Å². The first-order valence-electron chi connectivity index (χ1n) is 7.87. The van der Waals surface area contributed by atoms with Gasteiger partial charge in [-0.05, 0) is 19.4 Å². The van der Waals surface area contributed by atoms with Crippen LogP contribution in [0.1, 0.15) is 21.7 Å². The molecule has 0 saturated carbocycles. The lowest BCUT2D eigenvalue weighted by atomic mass is 10.1. The molecule has 0 atom stereocenters. The minimum absolute atomic E-state index is 0. The zero-order valence-electron chi connectivity index (χ0n) is 13.6. The largest absolute Gasteiger partial charge is 0.450 e. The Labute approximate surface area is 142 Å². The van der Waals surface area contributed by atoms with E-state index in [2.05, 4.69) is 15.5 Å². The highest BCUT2D eigenvalue weighted by Crippen LogP contribution is 2.27. The van der Waals surface area contributed by atoms with Gasteiger partial charge in [-0.25, -0.2) is 0 Å². The van der Waals surface area contributed by atoms with Crippen molar-refractivity contribution in [3.63, 3.8) is 0 Å². The van der Waals surface area contributed by atoms with Gasteiger partial charge in [0.2, 0.25) is 0 Å². The number of nitrogens with zero attached hydrogens (tertiary/aromatic N) is 1. The van der Waals surface area contributed by atoms with Gasteiger partial charge in [-0.2, -0.15) is 0 Å². The zero-order chi connectivity index (χ0) is 15.5. The number of furan rings is 1. The van der Waals surface area contributed by atoms with Crippen molar-refractivity contribution in [3.05, 3.63) is 35.1 Å². The lowest BCUT2D eigenvalue weighted by molar-refractivity contribution is 0.0921. The first-order chi connectivity index (χ1) is 10.7. The molecule has 1 fully saturated rings. The van der Waals surface area contributed by atoms with Gasteiger partial charge < -0.3 is 15.1 Å². The molecule has 0 aliphatic carbocycles. The Morgan fingerprint density at radius 2 is 2.04 bits per heavy atom. The van der Waals surface area contributed by atoms with E-state index in [0.29, 0.717) is 12.3 Å². The second-order valence-electron chi connectivity index (χ2n) is 5.86. The molecule has 2 heterocycles. The van der Waals surface area contributed by atoms with E-state index >= 15 is 0 Å². The van der Waals surface area contributed by atoms with Crippen LogP contribution < -0.4 is 10.6 Å². The van der Waals surface area contributed by atoms with Crippen LogP contribution in [0.3, 0.4) is 0 Å². The van der Waals surface area contributed by atoms with Crippen LogP contribution in [0.5, 0.6) is 0 Å². The molecule has 1 aromatic carbocycles. The second-order valence-corrected chi connectivity index (χ2v) is 5.86. The number of amides is 1. The number of para-hydroxylation sites is 1. The molecule has 1 amide bonds. The van der Waals surface area contributed by atoms with Crippen molar-refractivity contribution in [3.8, 4) is 0 Å². The minimum Gasteiger partial charge on any atom is -0.450 e. The molecule has 126 valence electrons. The summed E-state index contributed by atoms with van der Waals surface area (Å²) in [6.07, 6.45) is 0. The van der Waals surface area contributed by atoms with Gasteiger partial charge in [0.1, 0.15) is 5.58 Å². The fraction of sp³-hybridized carbons (Fsp3) is 0.471. The van der Waals surface area contributed by atoms with Gasteiger partial charge in [0, 0.05) is 50.2 Å². The first kappa shape index (κ1) is 17.8. The van der Waals surface area contributed by atoms with Gasteiger partial charge in [0.25, 0.3) is 5.91 Å². The topological polar surface area (TPSA) is 57.5 Å². The Bertz CT molecular complexity index is 678. The molecule has 0 bridgehead atoms. The summed E-state index contributed by atoms with van der Waals surface area (Å²) >= 11 is 0. The Morgan fingerprint density at radius 1 is 1.30 bits per heavy atom. The molecular weight excluding hydrogens is 314 g/mol. The Hall–Kier alpha value is -1.56. The molecule has 2 N–H and O–H groups in total. The number of rotatable bonds is 4. The Kier molecular flexibility index (Phi) is 6.04. The summed E-state index contributed by atoms with van der Waals surface area (Å²) in [6.45, 7) is 9.59. The van der Waals surface area contributed by atoms with E-state index in [-0.39, 0.29) is 18.3 Å². The van der Waals surface area contributed by atoms with Gasteiger partial charge in [-0.1, -0.05) is 18.2 Å². The van der Waals surface area contributed by atoms with Gasteiger partial charge >= 0.3 is 0 Å². The molecule has 23 heavy (non-hydrogen) atoms. The van der Waals surface area contributed by atoms with Crippen LogP contribution in [-0.4, -0.2) is 50.1 Å². The van der Waals surface area contributed by atoms with Crippen molar-refractivity contribution in [1.82, 2.24) is 15.5 Å². The maximum absolute atomic E-state index is 12.4. The maximum Gasteiger partial charge on any atom is 0.287 e. The van der Waals surface area contributed by atoms with Crippen molar-refractivity contribution in [2.24, 2.45) is 0 Å². The van der Waals surface area contributed by atoms with E-state index in [1.807, 2.05) is 32.0 Å². The number of carbonyl (C=O) groups is 1. The standard InChI is InChI=1S/C17H23N3O2.ClH/c1-12-4-3-5-14-13(2)16(22-15(12)14)17(21)19-8-11-20-9-6-18-7-10-20;/h3-5,18H,6-11H2,1-2H3,(H,19,21);1H. The fourth-order valence-electron chi connectivity index (χ4n) is 2.94. The summed E-state index contributed by atoms with van der Waals surface area (Å²) in [5.74, 6) is 0.313. The number of hydrogen-bond donors (Lipinski definition) is 2. The maximum atomic E-state index is 12.4. The molecule has 1 saturated heterocycles. The number of fused-ring (bicyclic) bond motifs is 1. The predicted molar refractivity (Wildman–Crippen MR) is 94.6 cm³/mol. The lowest BCUT2D eigenvalue weighted by Gasteiger charge is -2.26. The molecule has 1 aliphatic rings. The highest BCUT2D eigenvalue weighted by Gasteiger charge is 2.18. The van der Waals surface area contributed by atoms with Crippen molar-refractivity contribution in [2.75, 3.05) is 39.3 Å². The molecular formula is C17H24ClN3O2. The Balaban J connectivity index is 0.00000192. The van der Waals surface area contributed by atoms with Crippen molar-refractivity contribution >= 4 is 29.3 Å². The van der Waals surface area contributed by atoms with E-state index in [0.717, 1.165) is 54.8 Å². The minimum atomic E-state index is -0.122. The number of nitrogens with one attached hydrogen (secondary N) is 2. The summed E-state index contributed by atoms with van der Waals surface area (Å²) in [5, 5.41) is 7.32. The van der Waals surface area contributed by atoms with E-state index < -0.39 is 0 Å². The third-order valence-electron chi connectivity index (χ3n) is 4.29. The predicted octanol–water partition coefficient (Wildman–Crippen LogP) is 2.11. The smallest absolute Gasteiger partial charge is 0.287 e. The number of piperazine rings is 1. The number of benzene rings is 1. The summed E-state index contributed by atoms with van der Waals surface area (Å²) in [7, 11) is 0. The van der Waals surface area contributed by atoms with Gasteiger partial charge in [-0.15, -0.1) is 12.4 Å².